The summed E-state index contributed by atoms with van der Waals surface area (Å²) in [4.78, 5) is 22.9. The summed E-state index contributed by atoms with van der Waals surface area (Å²) in [5, 5.41) is 2.51. The summed E-state index contributed by atoms with van der Waals surface area (Å²) in [6.45, 7) is 8.39. The van der Waals surface area contributed by atoms with Crippen molar-refractivity contribution >= 4 is 46.4 Å². The third-order valence-corrected chi connectivity index (χ3v) is 9.81. The second-order valence-corrected chi connectivity index (χ2v) is 13.7. The van der Waals surface area contributed by atoms with E-state index in [1.54, 1.807) is 12.3 Å². The first-order valence-corrected chi connectivity index (χ1v) is 14.0. The molecule has 1 aromatic carbocycles. The molecule has 2 saturated heterocycles. The van der Waals surface area contributed by atoms with Crippen LogP contribution >= 0.6 is 11.8 Å². The number of nitrogen functional groups attached to an aromatic ring is 1. The van der Waals surface area contributed by atoms with Crippen molar-refractivity contribution in [2.24, 2.45) is 5.41 Å². The lowest BCUT2D eigenvalue weighted by molar-refractivity contribution is -0.139. The number of carbonyl (C=O) groups excluding carboxylic acids is 1. The van der Waals surface area contributed by atoms with Gasteiger partial charge in [0.15, 0.2) is 5.82 Å². The van der Waals surface area contributed by atoms with E-state index >= 15 is 0 Å². The number of alkyl halides is 2. The van der Waals surface area contributed by atoms with Crippen molar-refractivity contribution < 1.29 is 22.9 Å². The maximum atomic E-state index is 14.5. The zero-order valence-electron chi connectivity index (χ0n) is 20.8. The molecule has 2 atom stereocenters. The number of piperidine rings is 1. The molecule has 200 valence electrons. The Morgan fingerprint density at radius 2 is 2.05 bits per heavy atom. The van der Waals surface area contributed by atoms with Crippen molar-refractivity contribution in [2.45, 2.75) is 60.2 Å². The third-order valence-electron chi connectivity index (χ3n) is 7.13. The van der Waals surface area contributed by atoms with Gasteiger partial charge in [0.1, 0.15) is 15.6 Å². The Hall–Kier alpha value is -2.19. The van der Waals surface area contributed by atoms with Gasteiger partial charge in [0, 0.05) is 34.8 Å². The van der Waals surface area contributed by atoms with Gasteiger partial charge in [-0.1, -0.05) is 17.8 Å². The molecule has 1 amide bonds. The van der Waals surface area contributed by atoms with Crippen molar-refractivity contribution in [3.05, 3.63) is 30.0 Å². The molecule has 0 bridgehead atoms. The van der Waals surface area contributed by atoms with Gasteiger partial charge in [0.2, 0.25) is 0 Å². The number of ether oxygens (including phenoxy) is 1. The van der Waals surface area contributed by atoms with Crippen molar-refractivity contribution in [2.75, 3.05) is 42.3 Å². The summed E-state index contributed by atoms with van der Waals surface area (Å²) < 4.78 is 50.3. The Balaban J connectivity index is 1.27. The highest BCUT2D eigenvalue weighted by Crippen LogP contribution is 2.47. The van der Waals surface area contributed by atoms with E-state index in [0.717, 1.165) is 24.6 Å². The van der Waals surface area contributed by atoms with Crippen LogP contribution in [-0.4, -0.2) is 57.5 Å². The number of anilines is 3. The summed E-state index contributed by atoms with van der Waals surface area (Å²) in [7, 11) is 0. The third kappa shape index (κ3) is 4.87. The predicted octanol–water partition coefficient (Wildman–Crippen LogP) is 3.29. The van der Waals surface area contributed by atoms with E-state index in [1.807, 2.05) is 20.8 Å². The maximum absolute atomic E-state index is 14.5. The lowest BCUT2D eigenvalue weighted by atomic mass is 9.75. The van der Waals surface area contributed by atoms with Gasteiger partial charge in [-0.25, -0.2) is 9.97 Å². The Morgan fingerprint density at radius 3 is 2.73 bits per heavy atom. The van der Waals surface area contributed by atoms with E-state index in [1.165, 1.54) is 12.1 Å². The predicted molar refractivity (Wildman–Crippen MR) is 139 cm³/mol. The number of nitrogens with two attached hydrogens (primary N) is 1. The molecule has 4 N–H and O–H groups in total. The summed E-state index contributed by atoms with van der Waals surface area (Å²) in [6, 6.07) is 4.56. The normalized spacial score (nSPS) is 23.2. The molecule has 1 aromatic heterocycles. The lowest BCUT2D eigenvalue weighted by Gasteiger charge is -2.42. The number of benzene rings is 1. The van der Waals surface area contributed by atoms with Crippen LogP contribution in [0.15, 0.2) is 34.3 Å². The largest absolute Gasteiger partial charge is 0.598 e. The Bertz CT molecular complexity index is 1200. The van der Waals surface area contributed by atoms with E-state index in [9.17, 15) is 18.1 Å². The molecule has 37 heavy (non-hydrogen) atoms. The quantitative estimate of drug-likeness (QED) is 0.479. The number of amides is 1. The van der Waals surface area contributed by atoms with E-state index in [4.69, 9.17) is 10.5 Å². The highest BCUT2D eigenvalue weighted by Gasteiger charge is 2.51. The van der Waals surface area contributed by atoms with Crippen LogP contribution in [0.25, 0.3) is 0 Å². The minimum Gasteiger partial charge on any atom is -0.598 e. The monoisotopic (exact) mass is 552 g/mol. The fourth-order valence-electron chi connectivity index (χ4n) is 4.87. The zero-order chi connectivity index (χ0) is 26.6. The first kappa shape index (κ1) is 26.4. The molecule has 0 saturated carbocycles. The zero-order valence-corrected chi connectivity index (χ0v) is 22.5. The van der Waals surface area contributed by atoms with Gasteiger partial charge in [-0.3, -0.25) is 4.79 Å². The minimum atomic E-state index is -3.62. The number of rotatable bonds is 5. The van der Waals surface area contributed by atoms with Gasteiger partial charge < -0.3 is 25.2 Å². The molecule has 0 radical (unpaired) electrons. The minimum absolute atomic E-state index is 0.0109. The molecule has 4 heterocycles. The molecule has 1 spiro atoms. The van der Waals surface area contributed by atoms with Gasteiger partial charge in [-0.05, 0) is 45.7 Å². The second kappa shape index (κ2) is 9.53. The molecule has 3 aliphatic rings. The average molecular weight is 553 g/mol. The summed E-state index contributed by atoms with van der Waals surface area (Å²) in [5.41, 5.74) is 5.81. The summed E-state index contributed by atoms with van der Waals surface area (Å²) in [5.74, 6) is -4.23. The van der Waals surface area contributed by atoms with Gasteiger partial charge >= 0.3 is 5.92 Å². The van der Waals surface area contributed by atoms with Crippen molar-refractivity contribution in [3.8, 4) is 0 Å². The van der Waals surface area contributed by atoms with Crippen LogP contribution in [0.1, 0.15) is 39.2 Å². The molecule has 0 unspecified atom stereocenters. The van der Waals surface area contributed by atoms with Gasteiger partial charge in [0.25, 0.3) is 5.91 Å². The first-order valence-electron chi connectivity index (χ1n) is 12.0. The highest BCUT2D eigenvalue weighted by molar-refractivity contribution is 7.99. The number of nitrogens with one attached hydrogen (secondary N) is 2. The van der Waals surface area contributed by atoms with Crippen molar-refractivity contribution in [1.29, 1.82) is 0 Å². The Kier molecular flexibility index (Phi) is 6.80. The Labute approximate surface area is 221 Å². The smallest absolute Gasteiger partial charge is 0.353 e. The number of hydrogen-bond acceptors (Lipinski definition) is 9. The number of fused-ring (bicyclic) bond motifs is 1. The number of aromatic nitrogens is 2. The van der Waals surface area contributed by atoms with Crippen molar-refractivity contribution in [1.82, 2.24) is 14.7 Å². The second-order valence-electron chi connectivity index (χ2n) is 10.6. The molecule has 9 nitrogen and oxygen atoms in total. The first-order chi connectivity index (χ1) is 17.4. The SMILES string of the molecule is CC(C)(C)[S@@+]([O-])N[C@@H]1COCC12CCN(c1cnc(Sc3cccc4c3C(F)(F)C(=O)N4)c(N)n1)CC2. The van der Waals surface area contributed by atoms with E-state index in [-0.39, 0.29) is 38.2 Å². The van der Waals surface area contributed by atoms with Crippen LogP contribution in [0.4, 0.5) is 26.1 Å². The van der Waals surface area contributed by atoms with Gasteiger partial charge in [-0.15, -0.1) is 4.72 Å². The van der Waals surface area contributed by atoms with E-state index in [0.29, 0.717) is 37.1 Å². The number of carbonyl (C=O) groups is 1. The molecule has 5 rings (SSSR count). The lowest BCUT2D eigenvalue weighted by Crippen LogP contribution is -2.55. The number of hydrogen-bond donors (Lipinski definition) is 3. The fourth-order valence-corrected chi connectivity index (χ4v) is 6.75. The average Bonchev–Trinajstić information content (AvgIpc) is 3.32. The number of halogens is 2. The summed E-state index contributed by atoms with van der Waals surface area (Å²) >= 11 is -0.224. The van der Waals surface area contributed by atoms with E-state index in [2.05, 4.69) is 24.9 Å². The number of nitrogens with zero attached hydrogens (tertiary/aromatic N) is 3. The molecule has 2 aromatic rings. The Morgan fingerprint density at radius 1 is 1.32 bits per heavy atom. The molecular formula is C24H30F2N6O3S2. The van der Waals surface area contributed by atoms with Gasteiger partial charge in [-0.2, -0.15) is 8.78 Å². The standard InChI is InChI=1S/C24H30F2N6O3S2/c1-22(2,3)37(34)31-16-12-35-13-23(16)7-9-32(10-8-23)17-11-28-20(19(27)30-17)36-15-6-4-5-14-18(15)24(25,26)21(33)29-14/h4-6,11,16,31H,7-10,12-13H2,1-3H3,(H2,27,30)(H,29,33)/t16-,37-/m1/s1. The highest BCUT2D eigenvalue weighted by atomic mass is 32.2. The maximum Gasteiger partial charge on any atom is 0.353 e. The molecule has 2 fully saturated rings. The molecule has 13 heteroatoms. The molecule has 3 aliphatic heterocycles. The molecular weight excluding hydrogens is 522 g/mol. The van der Waals surface area contributed by atoms with Crippen LogP contribution in [0, 0.1) is 5.41 Å². The van der Waals surface area contributed by atoms with Crippen LogP contribution in [0.2, 0.25) is 0 Å². The fraction of sp³-hybridized carbons (Fsp3) is 0.542. The summed E-state index contributed by atoms with van der Waals surface area (Å²) in [6.07, 6.45) is 3.25. The van der Waals surface area contributed by atoms with Crippen molar-refractivity contribution in [3.63, 3.8) is 0 Å². The van der Waals surface area contributed by atoms with Gasteiger partial charge in [0.05, 0.1) is 36.7 Å². The van der Waals surface area contributed by atoms with Crippen LogP contribution in [0.5, 0.6) is 0 Å². The molecule has 0 aliphatic carbocycles. The van der Waals surface area contributed by atoms with Crippen LogP contribution < -0.4 is 20.7 Å². The van der Waals surface area contributed by atoms with Crippen LogP contribution in [-0.2, 0) is 26.8 Å². The van der Waals surface area contributed by atoms with Crippen LogP contribution in [0.3, 0.4) is 0 Å². The van der Waals surface area contributed by atoms with E-state index < -0.39 is 23.2 Å². The topological polar surface area (TPSA) is 128 Å².